The summed E-state index contributed by atoms with van der Waals surface area (Å²) < 4.78 is 21.0. The van der Waals surface area contributed by atoms with Crippen LogP contribution in [-0.2, 0) is 23.7 Å². The minimum absolute atomic E-state index is 0.0836. The van der Waals surface area contributed by atoms with Gasteiger partial charge in [-0.15, -0.1) is 0 Å². The van der Waals surface area contributed by atoms with E-state index in [0.29, 0.717) is 18.8 Å². The van der Waals surface area contributed by atoms with Gasteiger partial charge >= 0.3 is 5.97 Å². The average Bonchev–Trinajstić information content (AvgIpc) is 2.67. The summed E-state index contributed by atoms with van der Waals surface area (Å²) in [5.74, 6) is -0.386. The second-order valence-corrected chi connectivity index (χ2v) is 6.97. The van der Waals surface area contributed by atoms with Crippen molar-refractivity contribution in [2.24, 2.45) is 0 Å². The lowest BCUT2D eigenvalue weighted by molar-refractivity contribution is -0.143. The van der Waals surface area contributed by atoms with E-state index in [4.69, 9.17) is 18.9 Å². The van der Waals surface area contributed by atoms with Crippen molar-refractivity contribution in [3.05, 3.63) is 12.2 Å². The Labute approximate surface area is 166 Å². The maximum Gasteiger partial charge on any atom is 0.335 e. The molecule has 0 spiro atoms. The Hall–Kier alpha value is -0.910. The lowest BCUT2D eigenvalue weighted by Gasteiger charge is -2.09. The summed E-state index contributed by atoms with van der Waals surface area (Å²) in [5.41, 5.74) is 0.317. The van der Waals surface area contributed by atoms with E-state index >= 15 is 0 Å². The Balaban J connectivity index is 3.31. The first kappa shape index (κ1) is 26.1. The van der Waals surface area contributed by atoms with Crippen LogP contribution >= 0.6 is 0 Å². The highest BCUT2D eigenvalue weighted by molar-refractivity contribution is 5.87. The maximum atomic E-state index is 11.7. The molecule has 0 rings (SSSR count). The molecule has 0 amide bonds. The number of hydrogen-bond acceptors (Lipinski definition) is 5. The van der Waals surface area contributed by atoms with Crippen LogP contribution in [0.3, 0.4) is 0 Å². The lowest BCUT2D eigenvalue weighted by Crippen LogP contribution is -2.14. The molecule has 27 heavy (non-hydrogen) atoms. The van der Waals surface area contributed by atoms with E-state index in [1.54, 1.807) is 0 Å². The standard InChI is InChI=1S/C22H42O5/c1-4-6-8-10-12-14-16-24-19-26-20-25-18-21(3)22(23)27-17-15-13-11-9-7-5-2/h3-20H2,1-2H3. The third kappa shape index (κ3) is 19.7. The largest absolute Gasteiger partial charge is 0.462 e. The van der Waals surface area contributed by atoms with Gasteiger partial charge in [0.25, 0.3) is 0 Å². The highest BCUT2D eigenvalue weighted by Gasteiger charge is 2.08. The van der Waals surface area contributed by atoms with Gasteiger partial charge in [-0.2, -0.15) is 0 Å². The number of carbonyl (C=O) groups is 1. The van der Waals surface area contributed by atoms with Crippen LogP contribution in [0.5, 0.6) is 0 Å². The van der Waals surface area contributed by atoms with E-state index in [-0.39, 0.29) is 26.2 Å². The van der Waals surface area contributed by atoms with Gasteiger partial charge in [0.05, 0.1) is 18.8 Å². The molecule has 5 nitrogen and oxygen atoms in total. The van der Waals surface area contributed by atoms with Crippen molar-refractivity contribution in [2.75, 3.05) is 33.4 Å². The van der Waals surface area contributed by atoms with Crippen LogP contribution in [0.15, 0.2) is 12.2 Å². The zero-order valence-corrected chi connectivity index (χ0v) is 17.8. The molecule has 0 saturated heterocycles. The minimum atomic E-state index is -0.386. The van der Waals surface area contributed by atoms with Crippen molar-refractivity contribution in [2.45, 2.75) is 90.9 Å². The van der Waals surface area contributed by atoms with Crippen LogP contribution < -0.4 is 0 Å². The third-order valence-electron chi connectivity index (χ3n) is 4.27. The molecule has 0 saturated carbocycles. The van der Waals surface area contributed by atoms with Crippen molar-refractivity contribution in [3.63, 3.8) is 0 Å². The van der Waals surface area contributed by atoms with Crippen molar-refractivity contribution in [1.29, 1.82) is 0 Å². The summed E-state index contributed by atoms with van der Waals surface area (Å²) >= 11 is 0. The second-order valence-electron chi connectivity index (χ2n) is 6.97. The van der Waals surface area contributed by atoms with Gasteiger partial charge in [-0.05, 0) is 12.8 Å². The molecule has 0 N–H and O–H groups in total. The van der Waals surface area contributed by atoms with E-state index in [0.717, 1.165) is 19.3 Å². The fourth-order valence-corrected chi connectivity index (χ4v) is 2.57. The highest BCUT2D eigenvalue weighted by Crippen LogP contribution is 2.06. The van der Waals surface area contributed by atoms with Crippen LogP contribution in [-0.4, -0.2) is 39.4 Å². The molecule has 5 heteroatoms. The third-order valence-corrected chi connectivity index (χ3v) is 4.27. The summed E-state index contributed by atoms with van der Waals surface area (Å²) in [6.45, 7) is 9.69. The Bertz CT molecular complexity index is 344. The van der Waals surface area contributed by atoms with Gasteiger partial charge in [0, 0.05) is 6.61 Å². The Morgan fingerprint density at radius 3 is 1.81 bits per heavy atom. The number of carbonyl (C=O) groups excluding carboxylic acids is 1. The van der Waals surface area contributed by atoms with E-state index in [2.05, 4.69) is 20.4 Å². The Kier molecular flexibility index (Phi) is 20.7. The number of unbranched alkanes of at least 4 members (excludes halogenated alkanes) is 10. The van der Waals surface area contributed by atoms with Gasteiger partial charge in [0.15, 0.2) is 0 Å². The molecule has 0 atom stereocenters. The SMILES string of the molecule is C=C(COCOCOCCCCCCCC)C(=O)OCCCCCCCC. The summed E-state index contributed by atoms with van der Waals surface area (Å²) in [4.78, 5) is 11.7. The molecule has 0 unspecified atom stereocenters. The fraction of sp³-hybridized carbons (Fsp3) is 0.864. The average molecular weight is 387 g/mol. The molecule has 0 aliphatic rings. The first-order valence-corrected chi connectivity index (χ1v) is 10.8. The van der Waals surface area contributed by atoms with E-state index in [9.17, 15) is 4.79 Å². The zero-order valence-electron chi connectivity index (χ0n) is 17.8. The highest BCUT2D eigenvalue weighted by atomic mass is 16.7. The molecule has 0 bridgehead atoms. The number of hydrogen-bond donors (Lipinski definition) is 0. The minimum Gasteiger partial charge on any atom is -0.462 e. The second kappa shape index (κ2) is 21.4. The predicted octanol–water partition coefficient (Wildman–Crippen LogP) is 5.77. The van der Waals surface area contributed by atoms with Crippen LogP contribution in [0, 0.1) is 0 Å². The molecule has 0 aliphatic heterocycles. The molecule has 0 heterocycles. The number of esters is 1. The smallest absolute Gasteiger partial charge is 0.335 e. The normalized spacial score (nSPS) is 10.9. The molecule has 160 valence electrons. The van der Waals surface area contributed by atoms with Crippen molar-refractivity contribution < 1.29 is 23.7 Å². The van der Waals surface area contributed by atoms with Gasteiger partial charge in [0.2, 0.25) is 0 Å². The van der Waals surface area contributed by atoms with Crippen molar-refractivity contribution in [1.82, 2.24) is 0 Å². The van der Waals surface area contributed by atoms with Crippen LogP contribution in [0.25, 0.3) is 0 Å². The molecule has 0 radical (unpaired) electrons. The molecule has 0 aliphatic carbocycles. The molecule has 0 aromatic carbocycles. The molecule has 0 aromatic heterocycles. The fourth-order valence-electron chi connectivity index (χ4n) is 2.57. The molecular weight excluding hydrogens is 344 g/mol. The van der Waals surface area contributed by atoms with Crippen LogP contribution in [0.4, 0.5) is 0 Å². The van der Waals surface area contributed by atoms with Crippen LogP contribution in [0.1, 0.15) is 90.9 Å². The van der Waals surface area contributed by atoms with Gasteiger partial charge < -0.3 is 18.9 Å². The molecule has 0 fully saturated rings. The topological polar surface area (TPSA) is 54.0 Å². The first-order valence-electron chi connectivity index (χ1n) is 10.8. The van der Waals surface area contributed by atoms with E-state index < -0.39 is 0 Å². The van der Waals surface area contributed by atoms with E-state index in [1.807, 2.05) is 0 Å². The molecular formula is C22H42O5. The number of ether oxygens (including phenoxy) is 4. The molecule has 0 aromatic rings. The summed E-state index contributed by atoms with van der Waals surface area (Å²) in [6, 6.07) is 0. The summed E-state index contributed by atoms with van der Waals surface area (Å²) in [7, 11) is 0. The lowest BCUT2D eigenvalue weighted by atomic mass is 10.1. The first-order chi connectivity index (χ1) is 13.2. The Morgan fingerprint density at radius 1 is 0.667 bits per heavy atom. The van der Waals surface area contributed by atoms with Gasteiger partial charge in [-0.25, -0.2) is 4.79 Å². The summed E-state index contributed by atoms with van der Waals surface area (Å²) in [6.07, 6.45) is 14.4. The predicted molar refractivity (Wildman–Crippen MR) is 110 cm³/mol. The van der Waals surface area contributed by atoms with Gasteiger partial charge in [-0.3, -0.25) is 0 Å². The van der Waals surface area contributed by atoms with Gasteiger partial charge in [0.1, 0.15) is 13.6 Å². The van der Waals surface area contributed by atoms with E-state index in [1.165, 1.54) is 57.8 Å². The number of rotatable bonds is 21. The maximum absolute atomic E-state index is 11.7. The van der Waals surface area contributed by atoms with Crippen molar-refractivity contribution in [3.8, 4) is 0 Å². The van der Waals surface area contributed by atoms with Crippen molar-refractivity contribution >= 4 is 5.97 Å². The monoisotopic (exact) mass is 386 g/mol. The van der Waals surface area contributed by atoms with Crippen LogP contribution in [0.2, 0.25) is 0 Å². The quantitative estimate of drug-likeness (QED) is 0.108. The summed E-state index contributed by atoms with van der Waals surface area (Å²) in [5, 5.41) is 0. The zero-order chi connectivity index (χ0) is 20.0. The Morgan fingerprint density at radius 2 is 1.19 bits per heavy atom. The van der Waals surface area contributed by atoms with Gasteiger partial charge in [-0.1, -0.05) is 84.6 Å².